The van der Waals surface area contributed by atoms with Gasteiger partial charge in [0.05, 0.1) is 13.2 Å². The third-order valence-electron chi connectivity index (χ3n) is 7.92. The maximum Gasteiger partial charge on any atom is 0.305 e. The smallest absolute Gasteiger partial charge is 0.305 e. The zero-order valence-electron chi connectivity index (χ0n) is 22.9. The Balaban J connectivity index is 2.27. The molecule has 0 aliphatic heterocycles. The summed E-state index contributed by atoms with van der Waals surface area (Å²) in [4.78, 5) is 22.9. The molecule has 4 nitrogen and oxygen atoms in total. The summed E-state index contributed by atoms with van der Waals surface area (Å²) in [5.74, 6) is 0.287. The van der Waals surface area contributed by atoms with Crippen LogP contribution in [0.5, 0.6) is 0 Å². The lowest BCUT2D eigenvalue weighted by Gasteiger charge is -2.40. The Morgan fingerprint density at radius 2 is 1.74 bits per heavy atom. The lowest BCUT2D eigenvalue weighted by atomic mass is 9.82. The van der Waals surface area contributed by atoms with Gasteiger partial charge >= 0.3 is 5.97 Å². The molecule has 0 aromatic heterocycles. The molecule has 0 spiro atoms. The van der Waals surface area contributed by atoms with Gasteiger partial charge in [-0.05, 0) is 74.7 Å². The van der Waals surface area contributed by atoms with Crippen molar-refractivity contribution in [2.75, 3.05) is 7.11 Å². The second-order valence-corrected chi connectivity index (χ2v) is 17.3. The van der Waals surface area contributed by atoms with Crippen molar-refractivity contribution < 1.29 is 18.8 Å². The maximum absolute atomic E-state index is 11.5. The van der Waals surface area contributed by atoms with Crippen LogP contribution in [0.4, 0.5) is 0 Å². The van der Waals surface area contributed by atoms with Crippen molar-refractivity contribution in [2.24, 2.45) is 5.92 Å². The van der Waals surface area contributed by atoms with Gasteiger partial charge < -0.3 is 14.0 Å². The maximum atomic E-state index is 11.5. The number of carbonyl (C=O) groups excluding carboxylic acids is 2. The van der Waals surface area contributed by atoms with Crippen molar-refractivity contribution in [3.05, 3.63) is 47.5 Å². The van der Waals surface area contributed by atoms with Crippen LogP contribution in [0.1, 0.15) is 83.8 Å². The summed E-state index contributed by atoms with van der Waals surface area (Å²) in [6, 6.07) is 8.48. The molecule has 1 fully saturated rings. The van der Waals surface area contributed by atoms with Crippen molar-refractivity contribution in [3.8, 4) is 0 Å². The van der Waals surface area contributed by atoms with Crippen LogP contribution in [0.15, 0.2) is 36.4 Å². The largest absolute Gasteiger partial charge is 0.469 e. The van der Waals surface area contributed by atoms with E-state index in [0.29, 0.717) is 6.42 Å². The second kappa shape index (κ2) is 12.2. The predicted molar refractivity (Wildman–Crippen MR) is 148 cm³/mol. The predicted octanol–water partition coefficient (Wildman–Crippen LogP) is 7.55. The van der Waals surface area contributed by atoms with E-state index in [4.69, 9.17) is 20.8 Å². The molecule has 1 aromatic rings. The minimum Gasteiger partial charge on any atom is -0.469 e. The van der Waals surface area contributed by atoms with Crippen LogP contribution in [0.25, 0.3) is 0 Å². The van der Waals surface area contributed by atoms with E-state index in [1.807, 2.05) is 13.8 Å². The fraction of sp³-hybridized carbons (Fsp3) is 0.655. The zero-order chi connectivity index (χ0) is 26.4. The monoisotopic (exact) mass is 520 g/mol. The Morgan fingerprint density at radius 3 is 2.29 bits per heavy atom. The first-order chi connectivity index (χ1) is 16.2. The highest BCUT2D eigenvalue weighted by molar-refractivity contribution is 6.74. The first-order valence-electron chi connectivity index (χ1n) is 12.8. The Bertz CT molecular complexity index is 870. The minimum atomic E-state index is -1.98. The molecule has 1 aliphatic carbocycles. The zero-order valence-corrected chi connectivity index (χ0v) is 24.7. The number of esters is 1. The standard InChI is InChI=1S/C29H45ClO4Si/c1-28(2,3)35(7,8)34-25-19-24(30)23(13-11-9-10-12-14-26(32)33-6)27(25)21-15-17-22(18-16-21)29(4,5)20-31/h9,11,15-18,20,23-25,27H,10,12-14,19H2,1-8H3/b11-9-/t23?,24-,25+,27-/m1/s1. The molecule has 6 heteroatoms. The summed E-state index contributed by atoms with van der Waals surface area (Å²) in [5, 5.41) is 0.148. The van der Waals surface area contributed by atoms with Crippen LogP contribution in [0, 0.1) is 5.92 Å². The molecule has 1 saturated carbocycles. The molecular weight excluding hydrogens is 476 g/mol. The molecule has 0 saturated heterocycles. The van der Waals surface area contributed by atoms with Crippen LogP contribution in [0.2, 0.25) is 18.1 Å². The quantitative estimate of drug-likeness (QED) is 0.0754. The van der Waals surface area contributed by atoms with Crippen LogP contribution < -0.4 is 0 Å². The van der Waals surface area contributed by atoms with Gasteiger partial charge in [-0.3, -0.25) is 4.79 Å². The molecule has 0 bridgehead atoms. The summed E-state index contributed by atoms with van der Waals surface area (Å²) in [7, 11) is -0.556. The fourth-order valence-corrected chi connectivity index (χ4v) is 6.31. The number of allylic oxidation sites excluding steroid dienone is 2. The molecular formula is C29H45ClO4Si. The van der Waals surface area contributed by atoms with E-state index in [2.05, 4.69) is 70.3 Å². The lowest BCUT2D eigenvalue weighted by Crippen LogP contribution is -2.44. The third-order valence-corrected chi connectivity index (χ3v) is 12.9. The Kier molecular flexibility index (Phi) is 10.4. The first kappa shape index (κ1) is 29.8. The third kappa shape index (κ3) is 7.77. The van der Waals surface area contributed by atoms with E-state index in [0.717, 1.165) is 37.5 Å². The molecule has 0 radical (unpaired) electrons. The van der Waals surface area contributed by atoms with Gasteiger partial charge in [-0.25, -0.2) is 0 Å². The van der Waals surface area contributed by atoms with Crippen molar-refractivity contribution >= 4 is 32.2 Å². The van der Waals surface area contributed by atoms with Gasteiger partial charge in [0.25, 0.3) is 0 Å². The SMILES string of the molecule is COC(=O)CCC/C=C\CC1[C@H](Cl)C[C@H](O[Si](C)(C)C(C)(C)C)[C@@H]1c1ccc(C(C)(C)C=O)cc1. The number of hydrogen-bond donors (Lipinski definition) is 0. The number of rotatable bonds is 11. The van der Waals surface area contributed by atoms with E-state index in [1.54, 1.807) is 0 Å². The van der Waals surface area contributed by atoms with Gasteiger partial charge in [-0.15, -0.1) is 11.6 Å². The topological polar surface area (TPSA) is 52.6 Å². The highest BCUT2D eigenvalue weighted by Crippen LogP contribution is 2.49. The number of hydrogen-bond acceptors (Lipinski definition) is 4. The average Bonchev–Trinajstić information content (AvgIpc) is 3.09. The van der Waals surface area contributed by atoms with E-state index < -0.39 is 13.7 Å². The highest BCUT2D eigenvalue weighted by Gasteiger charge is 2.48. The second-order valence-electron chi connectivity index (χ2n) is 12.0. The van der Waals surface area contributed by atoms with Gasteiger partial charge in [0.15, 0.2) is 8.32 Å². The van der Waals surface area contributed by atoms with Gasteiger partial charge in [-0.2, -0.15) is 0 Å². The molecule has 196 valence electrons. The Labute approximate surface area is 218 Å². The highest BCUT2D eigenvalue weighted by atomic mass is 35.5. The van der Waals surface area contributed by atoms with Crippen molar-refractivity contribution in [1.29, 1.82) is 0 Å². The number of aldehydes is 1. The van der Waals surface area contributed by atoms with Crippen LogP contribution in [-0.4, -0.2) is 39.2 Å². The van der Waals surface area contributed by atoms with Crippen molar-refractivity contribution in [3.63, 3.8) is 0 Å². The molecule has 2 rings (SSSR count). The molecule has 35 heavy (non-hydrogen) atoms. The normalized spacial score (nSPS) is 23.6. The number of benzene rings is 1. The Morgan fingerprint density at radius 1 is 1.11 bits per heavy atom. The summed E-state index contributed by atoms with van der Waals surface area (Å²) in [5.41, 5.74) is 1.74. The van der Waals surface area contributed by atoms with Crippen molar-refractivity contribution in [1.82, 2.24) is 0 Å². The molecule has 1 unspecified atom stereocenters. The van der Waals surface area contributed by atoms with E-state index in [9.17, 15) is 9.59 Å². The molecule has 0 heterocycles. The van der Waals surface area contributed by atoms with Crippen molar-refractivity contribution in [2.45, 2.75) is 108 Å². The summed E-state index contributed by atoms with van der Waals surface area (Å²) in [6.45, 7) is 15.3. The number of methoxy groups -OCH3 is 1. The van der Waals surface area contributed by atoms with Crippen LogP contribution in [-0.2, 0) is 24.2 Å². The van der Waals surface area contributed by atoms with Gasteiger partial charge in [0.2, 0.25) is 0 Å². The van der Waals surface area contributed by atoms with Crippen LogP contribution in [0.3, 0.4) is 0 Å². The summed E-state index contributed by atoms with van der Waals surface area (Å²) in [6.07, 6.45) is 9.22. The molecule has 4 atom stereocenters. The average molecular weight is 521 g/mol. The molecule has 1 aliphatic rings. The number of alkyl halides is 1. The molecule has 0 N–H and O–H groups in total. The van der Waals surface area contributed by atoms with E-state index in [-0.39, 0.29) is 34.3 Å². The summed E-state index contributed by atoms with van der Waals surface area (Å²) < 4.78 is 11.7. The van der Waals surface area contributed by atoms with Gasteiger partial charge in [0, 0.05) is 23.1 Å². The van der Waals surface area contributed by atoms with Gasteiger partial charge in [0.1, 0.15) is 6.29 Å². The van der Waals surface area contributed by atoms with E-state index in [1.165, 1.54) is 12.7 Å². The summed E-state index contributed by atoms with van der Waals surface area (Å²) >= 11 is 6.98. The van der Waals surface area contributed by atoms with Crippen LogP contribution >= 0.6 is 11.6 Å². The minimum absolute atomic E-state index is 0.0283. The number of ether oxygens (including phenoxy) is 1. The first-order valence-corrected chi connectivity index (χ1v) is 16.2. The Hall–Kier alpha value is -1.43. The number of halogens is 1. The molecule has 1 aromatic carbocycles. The molecule has 0 amide bonds. The fourth-order valence-electron chi connectivity index (χ4n) is 4.52. The van der Waals surface area contributed by atoms with Gasteiger partial charge in [-0.1, -0.05) is 57.2 Å². The number of carbonyl (C=O) groups is 2. The lowest BCUT2D eigenvalue weighted by molar-refractivity contribution is -0.140. The number of unbranched alkanes of at least 4 members (excludes halogenated alkanes) is 1. The van der Waals surface area contributed by atoms with E-state index >= 15 is 0 Å².